The molecule has 0 radical (unpaired) electrons. The molecule has 0 saturated carbocycles. The first-order chi connectivity index (χ1) is 21.0. The first kappa shape index (κ1) is 31.3. The lowest BCUT2D eigenvalue weighted by molar-refractivity contribution is -0.133. The van der Waals surface area contributed by atoms with Crippen LogP contribution in [0.25, 0.3) is 11.3 Å². The number of piperidine rings is 1. The van der Waals surface area contributed by atoms with Crippen molar-refractivity contribution in [3.05, 3.63) is 58.6 Å². The molecular weight excluding hydrogens is 594 g/mol. The third-order valence-electron chi connectivity index (χ3n) is 8.10. The summed E-state index contributed by atoms with van der Waals surface area (Å²) in [5, 5.41) is 6.15. The molecule has 14 heteroatoms. The molecule has 0 bridgehead atoms. The Morgan fingerprint density at radius 2 is 1.75 bits per heavy atom. The summed E-state index contributed by atoms with van der Waals surface area (Å²) >= 11 is 6.47. The van der Waals surface area contributed by atoms with Gasteiger partial charge in [0, 0.05) is 59.4 Å². The predicted molar refractivity (Wildman–Crippen MR) is 163 cm³/mol. The number of piperazine rings is 1. The molecule has 2 N–H and O–H groups in total. The van der Waals surface area contributed by atoms with Gasteiger partial charge in [-0.3, -0.25) is 14.4 Å². The van der Waals surface area contributed by atoms with Gasteiger partial charge in [-0.15, -0.1) is 0 Å². The fourth-order valence-electron chi connectivity index (χ4n) is 5.57. The summed E-state index contributed by atoms with van der Waals surface area (Å²) in [6.45, 7) is 3.65. The molecule has 3 amide bonds. The van der Waals surface area contributed by atoms with Gasteiger partial charge in [0.2, 0.25) is 11.9 Å². The van der Waals surface area contributed by atoms with Crippen molar-refractivity contribution in [2.45, 2.75) is 19.3 Å². The van der Waals surface area contributed by atoms with E-state index in [4.69, 9.17) is 11.6 Å². The molecule has 3 aromatic rings. The number of halogens is 3. The molecule has 0 atom stereocenters. The number of nitrogens with one attached hydrogen (secondary N) is 2. The number of nitrogens with zero attached hydrogens (tertiary/aromatic N) is 6. The van der Waals surface area contributed by atoms with E-state index in [1.807, 2.05) is 4.90 Å². The minimum atomic E-state index is -0.901. The van der Waals surface area contributed by atoms with Gasteiger partial charge in [-0.2, -0.15) is 9.37 Å². The van der Waals surface area contributed by atoms with E-state index in [0.717, 1.165) is 32.0 Å². The van der Waals surface area contributed by atoms with Gasteiger partial charge in [0.05, 0.1) is 28.0 Å². The second-order valence-electron chi connectivity index (χ2n) is 11.3. The van der Waals surface area contributed by atoms with Crippen molar-refractivity contribution < 1.29 is 23.2 Å². The first-order valence-electron chi connectivity index (χ1n) is 14.5. The number of imidazole rings is 1. The van der Waals surface area contributed by atoms with Gasteiger partial charge < -0.3 is 29.9 Å². The molecule has 2 aliphatic heterocycles. The fraction of sp³-hybridized carbons (Fsp3) is 0.433. The smallest absolute Gasteiger partial charge is 0.291 e. The van der Waals surface area contributed by atoms with Crippen LogP contribution in [0.1, 0.15) is 40.2 Å². The zero-order chi connectivity index (χ0) is 31.5. The largest absolute Gasteiger partial charge is 0.360 e. The van der Waals surface area contributed by atoms with Crippen molar-refractivity contribution in [1.82, 2.24) is 29.7 Å². The van der Waals surface area contributed by atoms with E-state index in [1.165, 1.54) is 34.8 Å². The Labute approximate surface area is 259 Å². The molecule has 5 rings (SSSR count). The van der Waals surface area contributed by atoms with E-state index >= 15 is 0 Å². The topological polar surface area (TPSA) is 116 Å². The standard InChI is InChI=1S/C30H35ClF2N8O3/c1-38(2)27-23(32)16-21(26(33)37-27)24-17-35-28(39(24)3)29(43)36-19-4-5-20(22(31)15-19)30(44)41-12-10-40(11-13-41)25(42)14-18-6-8-34-9-7-18/h4-5,15-18,34H,6-14H2,1-3H3,(H,36,43). The Bertz CT molecular complexity index is 1570. The van der Waals surface area contributed by atoms with Crippen molar-refractivity contribution in [2.75, 3.05) is 63.6 Å². The van der Waals surface area contributed by atoms with Crippen LogP contribution in [-0.4, -0.2) is 95.4 Å². The number of rotatable bonds is 7. The van der Waals surface area contributed by atoms with E-state index in [1.54, 1.807) is 25.1 Å². The van der Waals surface area contributed by atoms with Gasteiger partial charge in [-0.1, -0.05) is 11.6 Å². The van der Waals surface area contributed by atoms with E-state index in [0.29, 0.717) is 44.2 Å². The molecule has 2 aromatic heterocycles. The number of aromatic nitrogens is 3. The predicted octanol–water partition coefficient (Wildman–Crippen LogP) is 3.41. The average Bonchev–Trinajstić information content (AvgIpc) is 3.39. The molecule has 4 heterocycles. The SMILES string of the molecule is CN(C)c1nc(F)c(-c2cnc(C(=O)Nc3ccc(C(=O)N4CCN(C(=O)CC5CCNCC5)CC4)c(Cl)c3)n2C)cc1F. The summed E-state index contributed by atoms with van der Waals surface area (Å²) in [6.07, 6.45) is 3.82. The Hall–Kier alpha value is -4.10. The lowest BCUT2D eigenvalue weighted by atomic mass is 9.94. The number of benzene rings is 1. The molecule has 234 valence electrons. The average molecular weight is 629 g/mol. The molecule has 11 nitrogen and oxygen atoms in total. The van der Waals surface area contributed by atoms with Crippen LogP contribution in [0, 0.1) is 17.7 Å². The molecular formula is C30H35ClF2N8O3. The van der Waals surface area contributed by atoms with Gasteiger partial charge in [0.15, 0.2) is 17.5 Å². The fourth-order valence-corrected chi connectivity index (χ4v) is 5.83. The van der Waals surface area contributed by atoms with E-state index in [2.05, 4.69) is 20.6 Å². The van der Waals surface area contributed by atoms with Crippen LogP contribution in [0.5, 0.6) is 0 Å². The zero-order valence-electron chi connectivity index (χ0n) is 24.9. The minimum absolute atomic E-state index is 0.0552. The number of hydrogen-bond acceptors (Lipinski definition) is 7. The normalized spacial score (nSPS) is 15.8. The maximum absolute atomic E-state index is 14.7. The highest BCUT2D eigenvalue weighted by Gasteiger charge is 2.28. The summed E-state index contributed by atoms with van der Waals surface area (Å²) in [4.78, 5) is 51.6. The van der Waals surface area contributed by atoms with E-state index in [-0.39, 0.29) is 45.3 Å². The molecule has 2 saturated heterocycles. The first-order valence-corrected chi connectivity index (χ1v) is 14.9. The van der Waals surface area contributed by atoms with Crippen molar-refractivity contribution in [1.29, 1.82) is 0 Å². The number of carbonyl (C=O) groups is 3. The summed E-state index contributed by atoms with van der Waals surface area (Å²) in [6, 6.07) is 5.57. The Balaban J connectivity index is 1.20. The molecule has 0 aliphatic carbocycles. The zero-order valence-corrected chi connectivity index (χ0v) is 25.6. The van der Waals surface area contributed by atoms with Gasteiger partial charge >= 0.3 is 0 Å². The maximum Gasteiger partial charge on any atom is 0.291 e. The van der Waals surface area contributed by atoms with Crippen LogP contribution >= 0.6 is 11.6 Å². The number of carbonyl (C=O) groups excluding carboxylic acids is 3. The summed E-state index contributed by atoms with van der Waals surface area (Å²) < 4.78 is 30.5. The van der Waals surface area contributed by atoms with Gasteiger partial charge in [-0.05, 0) is 56.1 Å². The molecule has 2 fully saturated rings. The van der Waals surface area contributed by atoms with Crippen molar-refractivity contribution in [3.63, 3.8) is 0 Å². The van der Waals surface area contributed by atoms with Crippen LogP contribution in [0.3, 0.4) is 0 Å². The minimum Gasteiger partial charge on any atom is -0.360 e. The lowest BCUT2D eigenvalue weighted by Gasteiger charge is -2.36. The maximum atomic E-state index is 14.7. The lowest BCUT2D eigenvalue weighted by Crippen LogP contribution is -2.51. The summed E-state index contributed by atoms with van der Waals surface area (Å²) in [7, 11) is 4.60. The van der Waals surface area contributed by atoms with Crippen LogP contribution in [0.2, 0.25) is 5.02 Å². The number of pyridine rings is 1. The van der Waals surface area contributed by atoms with Crippen LogP contribution in [0.4, 0.5) is 20.3 Å². The van der Waals surface area contributed by atoms with Crippen molar-refractivity contribution in [2.24, 2.45) is 13.0 Å². The highest BCUT2D eigenvalue weighted by molar-refractivity contribution is 6.34. The van der Waals surface area contributed by atoms with Crippen LogP contribution < -0.4 is 15.5 Å². The molecule has 2 aliphatic rings. The Morgan fingerprint density at radius 3 is 2.41 bits per heavy atom. The van der Waals surface area contributed by atoms with Crippen molar-refractivity contribution in [3.8, 4) is 11.3 Å². The Morgan fingerprint density at radius 1 is 1.07 bits per heavy atom. The molecule has 44 heavy (non-hydrogen) atoms. The van der Waals surface area contributed by atoms with E-state index < -0.39 is 17.7 Å². The van der Waals surface area contributed by atoms with Crippen LogP contribution in [-0.2, 0) is 11.8 Å². The second-order valence-corrected chi connectivity index (χ2v) is 11.7. The third-order valence-corrected chi connectivity index (χ3v) is 8.41. The highest BCUT2D eigenvalue weighted by Crippen LogP contribution is 2.28. The third kappa shape index (κ3) is 6.68. The number of anilines is 2. The van der Waals surface area contributed by atoms with Crippen LogP contribution in [0.15, 0.2) is 30.5 Å². The van der Waals surface area contributed by atoms with Gasteiger partial charge in [0.1, 0.15) is 0 Å². The molecule has 0 unspecified atom stereocenters. The highest BCUT2D eigenvalue weighted by atomic mass is 35.5. The second kappa shape index (κ2) is 13.3. The summed E-state index contributed by atoms with van der Waals surface area (Å²) in [5.74, 6) is -2.14. The number of amides is 3. The quantitative estimate of drug-likeness (QED) is 0.386. The molecule has 1 aromatic carbocycles. The monoisotopic (exact) mass is 628 g/mol. The molecule has 0 spiro atoms. The van der Waals surface area contributed by atoms with Gasteiger partial charge in [-0.25, -0.2) is 9.37 Å². The van der Waals surface area contributed by atoms with Gasteiger partial charge in [0.25, 0.3) is 11.8 Å². The van der Waals surface area contributed by atoms with E-state index in [9.17, 15) is 23.2 Å². The number of hydrogen-bond donors (Lipinski definition) is 2. The summed E-state index contributed by atoms with van der Waals surface area (Å²) in [5.41, 5.74) is 0.629. The van der Waals surface area contributed by atoms with Crippen molar-refractivity contribution >= 4 is 40.8 Å². The Kier molecular flexibility index (Phi) is 9.45.